The molecule has 2 rings (SSSR count). The van der Waals surface area contributed by atoms with E-state index in [1.54, 1.807) is 0 Å². The first-order valence-corrected chi connectivity index (χ1v) is 12.4. The standard InChI is InChI=1S/C20H35BO4Si/c1-18(2,3)26(8,9)23-14-13-22-17-12-10-11-16(15-17)21-24-19(4,5)20(6,7)25-21/h10-12,15H,13-14H2,1-9H3. The first-order chi connectivity index (χ1) is 11.8. The van der Waals surface area contributed by atoms with Gasteiger partial charge in [-0.1, -0.05) is 32.9 Å². The zero-order chi connectivity index (χ0) is 19.8. The van der Waals surface area contributed by atoms with Crippen molar-refractivity contribution in [1.82, 2.24) is 0 Å². The second kappa shape index (κ2) is 7.30. The number of ether oxygens (including phenoxy) is 1. The zero-order valence-corrected chi connectivity index (χ0v) is 18.9. The van der Waals surface area contributed by atoms with Gasteiger partial charge in [-0.25, -0.2) is 0 Å². The van der Waals surface area contributed by atoms with Crippen LogP contribution >= 0.6 is 0 Å². The fourth-order valence-corrected chi connectivity index (χ4v) is 3.43. The van der Waals surface area contributed by atoms with Crippen molar-refractivity contribution in [1.29, 1.82) is 0 Å². The van der Waals surface area contributed by atoms with Crippen molar-refractivity contribution < 1.29 is 18.5 Å². The zero-order valence-electron chi connectivity index (χ0n) is 17.9. The highest BCUT2D eigenvalue weighted by Crippen LogP contribution is 2.37. The van der Waals surface area contributed by atoms with Crippen molar-refractivity contribution in [2.45, 2.75) is 77.8 Å². The maximum Gasteiger partial charge on any atom is 0.494 e. The van der Waals surface area contributed by atoms with Crippen LogP contribution in [0.1, 0.15) is 48.5 Å². The van der Waals surface area contributed by atoms with Crippen molar-refractivity contribution in [2.24, 2.45) is 0 Å². The summed E-state index contributed by atoms with van der Waals surface area (Å²) in [6.45, 7) is 20.6. The fourth-order valence-electron chi connectivity index (χ4n) is 2.40. The Labute approximate surface area is 160 Å². The monoisotopic (exact) mass is 378 g/mol. The molecule has 1 aromatic rings. The van der Waals surface area contributed by atoms with E-state index in [0.29, 0.717) is 13.2 Å². The van der Waals surface area contributed by atoms with Crippen molar-refractivity contribution >= 4 is 20.9 Å². The molecule has 26 heavy (non-hydrogen) atoms. The van der Waals surface area contributed by atoms with Crippen LogP contribution in [-0.2, 0) is 13.7 Å². The Hall–Kier alpha value is -0.818. The van der Waals surface area contributed by atoms with Crippen LogP contribution in [0.5, 0.6) is 5.75 Å². The Balaban J connectivity index is 1.93. The van der Waals surface area contributed by atoms with Crippen LogP contribution in [0.15, 0.2) is 24.3 Å². The molecule has 146 valence electrons. The number of hydrogen-bond donors (Lipinski definition) is 0. The van der Waals surface area contributed by atoms with E-state index in [1.807, 2.05) is 24.3 Å². The van der Waals surface area contributed by atoms with Crippen molar-refractivity contribution in [3.63, 3.8) is 0 Å². The Morgan fingerprint density at radius 3 is 2.12 bits per heavy atom. The Morgan fingerprint density at radius 1 is 1.00 bits per heavy atom. The van der Waals surface area contributed by atoms with Crippen LogP contribution in [-0.4, -0.2) is 39.9 Å². The lowest BCUT2D eigenvalue weighted by Gasteiger charge is -2.36. The second-order valence-corrected chi connectivity index (χ2v) is 14.4. The minimum atomic E-state index is -1.73. The van der Waals surface area contributed by atoms with E-state index in [1.165, 1.54) is 0 Å². The summed E-state index contributed by atoms with van der Waals surface area (Å²) >= 11 is 0. The van der Waals surface area contributed by atoms with Gasteiger partial charge >= 0.3 is 7.12 Å². The van der Waals surface area contributed by atoms with E-state index in [0.717, 1.165) is 11.2 Å². The number of benzene rings is 1. The molecular formula is C20H35BO4Si. The fraction of sp³-hybridized carbons (Fsp3) is 0.700. The molecule has 0 bridgehead atoms. The summed E-state index contributed by atoms with van der Waals surface area (Å²) in [5.74, 6) is 0.816. The average Bonchev–Trinajstić information content (AvgIpc) is 2.71. The van der Waals surface area contributed by atoms with Crippen molar-refractivity contribution in [3.8, 4) is 5.75 Å². The smallest absolute Gasteiger partial charge is 0.491 e. The van der Waals surface area contributed by atoms with Gasteiger partial charge in [-0.3, -0.25) is 0 Å². The maximum atomic E-state index is 6.16. The highest BCUT2D eigenvalue weighted by molar-refractivity contribution is 6.74. The molecule has 0 radical (unpaired) electrons. The van der Waals surface area contributed by atoms with E-state index in [-0.39, 0.29) is 23.4 Å². The van der Waals surface area contributed by atoms with Crippen LogP contribution in [0, 0.1) is 0 Å². The summed E-state index contributed by atoms with van der Waals surface area (Å²) in [6, 6.07) is 7.95. The molecule has 1 heterocycles. The van der Waals surface area contributed by atoms with Crippen LogP contribution in [0.25, 0.3) is 0 Å². The largest absolute Gasteiger partial charge is 0.494 e. The molecule has 0 amide bonds. The minimum Gasteiger partial charge on any atom is -0.491 e. The lowest BCUT2D eigenvalue weighted by atomic mass is 9.79. The van der Waals surface area contributed by atoms with Gasteiger partial charge in [0, 0.05) is 0 Å². The molecule has 0 saturated carbocycles. The molecular weight excluding hydrogens is 343 g/mol. The van der Waals surface area contributed by atoms with Gasteiger partial charge in [0.1, 0.15) is 12.4 Å². The van der Waals surface area contributed by atoms with Gasteiger partial charge in [-0.05, 0) is 63.4 Å². The third kappa shape index (κ3) is 4.72. The number of hydrogen-bond acceptors (Lipinski definition) is 4. The predicted octanol–water partition coefficient (Wildman–Crippen LogP) is 4.39. The lowest BCUT2D eigenvalue weighted by Crippen LogP contribution is -2.41. The summed E-state index contributed by atoms with van der Waals surface area (Å²) in [5.41, 5.74) is 0.295. The highest BCUT2D eigenvalue weighted by atomic mass is 28.4. The summed E-state index contributed by atoms with van der Waals surface area (Å²) in [5, 5.41) is 0.212. The molecule has 0 atom stereocenters. The molecule has 0 aromatic heterocycles. The van der Waals surface area contributed by atoms with Crippen molar-refractivity contribution in [3.05, 3.63) is 24.3 Å². The van der Waals surface area contributed by atoms with Crippen LogP contribution in [0.3, 0.4) is 0 Å². The SMILES string of the molecule is CC1(C)OB(c2cccc(OCCO[Si](C)(C)C(C)(C)C)c2)OC1(C)C. The molecule has 6 heteroatoms. The van der Waals surface area contributed by atoms with E-state index < -0.39 is 8.32 Å². The van der Waals surface area contributed by atoms with E-state index >= 15 is 0 Å². The first-order valence-electron chi connectivity index (χ1n) is 9.48. The quantitative estimate of drug-likeness (QED) is 0.544. The molecule has 1 aliphatic heterocycles. The molecule has 4 nitrogen and oxygen atoms in total. The maximum absolute atomic E-state index is 6.16. The van der Waals surface area contributed by atoms with Gasteiger partial charge in [-0.15, -0.1) is 0 Å². The summed E-state index contributed by atoms with van der Waals surface area (Å²) in [6.07, 6.45) is 0. The molecule has 1 aliphatic rings. The van der Waals surface area contributed by atoms with Crippen LogP contribution < -0.4 is 10.2 Å². The van der Waals surface area contributed by atoms with Crippen molar-refractivity contribution in [2.75, 3.05) is 13.2 Å². The topological polar surface area (TPSA) is 36.9 Å². The first kappa shape index (κ1) is 21.5. The molecule has 0 aliphatic carbocycles. The van der Waals surface area contributed by atoms with Crippen LogP contribution in [0.4, 0.5) is 0 Å². The van der Waals surface area contributed by atoms with Gasteiger partial charge in [-0.2, -0.15) is 0 Å². The second-order valence-electron chi connectivity index (χ2n) is 9.62. The Morgan fingerprint density at radius 2 is 1.58 bits per heavy atom. The van der Waals surface area contributed by atoms with E-state index in [2.05, 4.69) is 61.6 Å². The lowest BCUT2D eigenvalue weighted by molar-refractivity contribution is 0.00578. The normalized spacial score (nSPS) is 19.7. The predicted molar refractivity (Wildman–Crippen MR) is 111 cm³/mol. The van der Waals surface area contributed by atoms with Gasteiger partial charge < -0.3 is 18.5 Å². The van der Waals surface area contributed by atoms with E-state index in [9.17, 15) is 0 Å². The van der Waals surface area contributed by atoms with Gasteiger partial charge in [0.2, 0.25) is 0 Å². The molecule has 1 saturated heterocycles. The van der Waals surface area contributed by atoms with Crippen LogP contribution in [0.2, 0.25) is 18.1 Å². The van der Waals surface area contributed by atoms with E-state index in [4.69, 9.17) is 18.5 Å². The Bertz CT molecular complexity index is 606. The van der Waals surface area contributed by atoms with Gasteiger partial charge in [0.25, 0.3) is 0 Å². The molecule has 0 N–H and O–H groups in total. The molecule has 1 aromatic carbocycles. The molecule has 0 unspecified atom stereocenters. The Kier molecular flexibility index (Phi) is 6.03. The summed E-state index contributed by atoms with van der Waals surface area (Å²) < 4.78 is 24.3. The number of rotatable bonds is 6. The molecule has 0 spiro atoms. The van der Waals surface area contributed by atoms with Gasteiger partial charge in [0.15, 0.2) is 8.32 Å². The highest BCUT2D eigenvalue weighted by Gasteiger charge is 2.51. The minimum absolute atomic E-state index is 0.212. The summed E-state index contributed by atoms with van der Waals surface area (Å²) in [4.78, 5) is 0. The molecule has 1 fully saturated rings. The average molecular weight is 378 g/mol. The third-order valence-corrected chi connectivity index (χ3v) is 10.5. The van der Waals surface area contributed by atoms with Gasteiger partial charge in [0.05, 0.1) is 17.8 Å². The summed E-state index contributed by atoms with van der Waals surface area (Å²) in [7, 11) is -2.10. The third-order valence-electron chi connectivity index (χ3n) is 6.00.